The molecule has 0 radical (unpaired) electrons. The summed E-state index contributed by atoms with van der Waals surface area (Å²) in [5.41, 5.74) is 1.13. The number of carboxylic acid groups (broad SMARTS) is 1. The summed E-state index contributed by atoms with van der Waals surface area (Å²) in [6.07, 6.45) is 1.11. The molecule has 134 valence electrons. The van der Waals surface area contributed by atoms with Crippen molar-refractivity contribution in [3.05, 3.63) is 23.8 Å². The molecule has 1 aromatic carbocycles. The first-order valence-corrected chi connectivity index (χ1v) is 9.86. The third-order valence-electron chi connectivity index (χ3n) is 4.14. The van der Waals surface area contributed by atoms with E-state index in [2.05, 4.69) is 21.4 Å². The predicted octanol–water partition coefficient (Wildman–Crippen LogP) is 1.68. The molecule has 0 aromatic heterocycles. The number of carboxylic acids is 1. The van der Waals surface area contributed by atoms with Crippen molar-refractivity contribution < 1.29 is 18.3 Å². The van der Waals surface area contributed by atoms with Gasteiger partial charge in [-0.3, -0.25) is 9.62 Å². The molecule has 2 rings (SSSR count). The number of anilines is 2. The van der Waals surface area contributed by atoms with Crippen molar-refractivity contribution in [1.29, 1.82) is 0 Å². The monoisotopic (exact) mass is 355 g/mol. The standard InChI is InChI=1S/C16H25N3O4S/c1-3-7-18-8-10-19(11-9-18)15-6-5-13(16(20)21)12-14(15)17-24(22,23)4-2/h5-6,12,17H,3-4,7-11H2,1-2H3,(H,20,21). The first-order chi connectivity index (χ1) is 11.4. The summed E-state index contributed by atoms with van der Waals surface area (Å²) >= 11 is 0. The predicted molar refractivity (Wildman–Crippen MR) is 95.4 cm³/mol. The minimum Gasteiger partial charge on any atom is -0.478 e. The van der Waals surface area contributed by atoms with Crippen molar-refractivity contribution in [3.8, 4) is 0 Å². The first kappa shape index (κ1) is 18.5. The molecule has 1 aliphatic heterocycles. The largest absolute Gasteiger partial charge is 0.478 e. The van der Waals surface area contributed by atoms with Crippen LogP contribution in [0.15, 0.2) is 18.2 Å². The molecule has 7 nitrogen and oxygen atoms in total. The van der Waals surface area contributed by atoms with Gasteiger partial charge in [-0.05, 0) is 38.1 Å². The number of hydrogen-bond donors (Lipinski definition) is 2. The molecule has 0 saturated carbocycles. The summed E-state index contributed by atoms with van der Waals surface area (Å²) in [7, 11) is -3.48. The molecule has 1 saturated heterocycles. The van der Waals surface area contributed by atoms with Gasteiger partial charge in [0.15, 0.2) is 0 Å². The Morgan fingerprint density at radius 1 is 1.21 bits per heavy atom. The highest BCUT2D eigenvalue weighted by Gasteiger charge is 2.21. The van der Waals surface area contributed by atoms with Crippen LogP contribution in [0.5, 0.6) is 0 Å². The van der Waals surface area contributed by atoms with Gasteiger partial charge in [0.05, 0.1) is 22.7 Å². The highest BCUT2D eigenvalue weighted by atomic mass is 32.2. The van der Waals surface area contributed by atoms with Gasteiger partial charge in [-0.2, -0.15) is 0 Å². The summed E-state index contributed by atoms with van der Waals surface area (Å²) in [4.78, 5) is 15.7. The molecule has 8 heteroatoms. The molecule has 0 unspecified atom stereocenters. The summed E-state index contributed by atoms with van der Waals surface area (Å²) in [5, 5.41) is 9.16. The number of nitrogens with one attached hydrogen (secondary N) is 1. The van der Waals surface area contributed by atoms with Crippen molar-refractivity contribution >= 4 is 27.4 Å². The molecule has 1 fully saturated rings. The SMILES string of the molecule is CCCN1CCN(c2ccc(C(=O)O)cc2NS(=O)(=O)CC)CC1. The van der Waals surface area contributed by atoms with E-state index in [1.165, 1.54) is 12.1 Å². The second-order valence-corrected chi connectivity index (χ2v) is 7.88. The van der Waals surface area contributed by atoms with Crippen LogP contribution in [0.1, 0.15) is 30.6 Å². The van der Waals surface area contributed by atoms with Gasteiger partial charge in [0, 0.05) is 26.2 Å². The molecule has 0 atom stereocenters. The highest BCUT2D eigenvalue weighted by molar-refractivity contribution is 7.92. The van der Waals surface area contributed by atoms with Crippen molar-refractivity contribution in [2.24, 2.45) is 0 Å². The number of sulfonamides is 1. The summed E-state index contributed by atoms with van der Waals surface area (Å²) in [6.45, 7) is 8.14. The molecule has 24 heavy (non-hydrogen) atoms. The van der Waals surface area contributed by atoms with Gasteiger partial charge in [-0.1, -0.05) is 6.92 Å². The average Bonchev–Trinajstić information content (AvgIpc) is 2.55. The van der Waals surface area contributed by atoms with Crippen LogP contribution in [0.2, 0.25) is 0 Å². The maximum absolute atomic E-state index is 11.9. The number of rotatable bonds is 7. The molecule has 1 aliphatic rings. The molecular formula is C16H25N3O4S. The Morgan fingerprint density at radius 2 is 1.88 bits per heavy atom. The van der Waals surface area contributed by atoms with Gasteiger partial charge >= 0.3 is 5.97 Å². The van der Waals surface area contributed by atoms with Gasteiger partial charge < -0.3 is 10.0 Å². The minimum absolute atomic E-state index is 0.0615. The van der Waals surface area contributed by atoms with E-state index >= 15 is 0 Å². The number of carbonyl (C=O) groups is 1. The van der Waals surface area contributed by atoms with Crippen LogP contribution in [0.3, 0.4) is 0 Å². The maximum atomic E-state index is 11.9. The van der Waals surface area contributed by atoms with Crippen molar-refractivity contribution in [3.63, 3.8) is 0 Å². The lowest BCUT2D eigenvalue weighted by Crippen LogP contribution is -2.46. The number of piperazine rings is 1. The molecule has 0 amide bonds. The normalized spacial score (nSPS) is 16.2. The Morgan fingerprint density at radius 3 is 2.42 bits per heavy atom. The fraction of sp³-hybridized carbons (Fsp3) is 0.562. The van der Waals surface area contributed by atoms with E-state index in [4.69, 9.17) is 5.11 Å². The lowest BCUT2D eigenvalue weighted by molar-refractivity contribution is 0.0697. The molecule has 1 heterocycles. The number of benzene rings is 1. The fourth-order valence-electron chi connectivity index (χ4n) is 2.79. The van der Waals surface area contributed by atoms with Crippen LogP contribution >= 0.6 is 0 Å². The maximum Gasteiger partial charge on any atom is 0.335 e. The topological polar surface area (TPSA) is 89.9 Å². The van der Waals surface area contributed by atoms with Gasteiger partial charge in [0.2, 0.25) is 10.0 Å². The van der Waals surface area contributed by atoms with Crippen molar-refractivity contribution in [2.45, 2.75) is 20.3 Å². The Bertz CT molecular complexity index is 683. The molecule has 2 N–H and O–H groups in total. The van der Waals surface area contributed by atoms with E-state index in [1.807, 2.05) is 0 Å². The first-order valence-electron chi connectivity index (χ1n) is 8.21. The van der Waals surface area contributed by atoms with Crippen molar-refractivity contribution in [2.75, 3.05) is 48.1 Å². The third kappa shape index (κ3) is 4.61. The Kier molecular flexibility index (Phi) is 6.06. The van der Waals surface area contributed by atoms with Crippen LogP contribution in [0.25, 0.3) is 0 Å². The average molecular weight is 355 g/mol. The molecule has 0 aliphatic carbocycles. The molecule has 1 aromatic rings. The quantitative estimate of drug-likeness (QED) is 0.773. The van der Waals surface area contributed by atoms with Gasteiger partial charge in [0.1, 0.15) is 0 Å². The second kappa shape index (κ2) is 7.85. The van der Waals surface area contributed by atoms with Crippen LogP contribution in [0, 0.1) is 0 Å². The van der Waals surface area contributed by atoms with Crippen LogP contribution < -0.4 is 9.62 Å². The number of aromatic carboxylic acids is 1. The second-order valence-electron chi connectivity index (χ2n) is 5.87. The zero-order valence-electron chi connectivity index (χ0n) is 14.2. The molecular weight excluding hydrogens is 330 g/mol. The third-order valence-corrected chi connectivity index (χ3v) is 5.43. The Labute approximate surface area is 143 Å². The smallest absolute Gasteiger partial charge is 0.335 e. The fourth-order valence-corrected chi connectivity index (χ4v) is 3.44. The van der Waals surface area contributed by atoms with E-state index in [0.29, 0.717) is 5.69 Å². The van der Waals surface area contributed by atoms with Crippen LogP contribution in [0.4, 0.5) is 11.4 Å². The summed E-state index contributed by atoms with van der Waals surface area (Å²) in [6, 6.07) is 4.59. The van der Waals surface area contributed by atoms with Crippen molar-refractivity contribution in [1.82, 2.24) is 4.90 Å². The van der Waals surface area contributed by atoms with E-state index < -0.39 is 16.0 Å². The lowest BCUT2D eigenvalue weighted by Gasteiger charge is -2.36. The number of hydrogen-bond acceptors (Lipinski definition) is 5. The van der Waals surface area contributed by atoms with Gasteiger partial charge in [-0.15, -0.1) is 0 Å². The minimum atomic E-state index is -3.48. The Balaban J connectivity index is 2.27. The lowest BCUT2D eigenvalue weighted by atomic mass is 10.1. The Hall–Kier alpha value is -1.80. The molecule has 0 bridgehead atoms. The van der Waals surface area contributed by atoms with Gasteiger partial charge in [0.25, 0.3) is 0 Å². The van der Waals surface area contributed by atoms with E-state index in [9.17, 15) is 13.2 Å². The molecule has 0 spiro atoms. The summed E-state index contributed by atoms with van der Waals surface area (Å²) < 4.78 is 26.4. The highest BCUT2D eigenvalue weighted by Crippen LogP contribution is 2.29. The van der Waals surface area contributed by atoms with E-state index in [0.717, 1.165) is 44.8 Å². The van der Waals surface area contributed by atoms with Crippen LogP contribution in [-0.4, -0.2) is 62.9 Å². The van der Waals surface area contributed by atoms with Crippen LogP contribution in [-0.2, 0) is 10.0 Å². The van der Waals surface area contributed by atoms with Gasteiger partial charge in [-0.25, -0.2) is 13.2 Å². The van der Waals surface area contributed by atoms with E-state index in [1.54, 1.807) is 13.0 Å². The van der Waals surface area contributed by atoms with E-state index in [-0.39, 0.29) is 11.3 Å². The summed E-state index contributed by atoms with van der Waals surface area (Å²) in [5.74, 6) is -1.14. The zero-order chi connectivity index (χ0) is 17.7. The zero-order valence-corrected chi connectivity index (χ0v) is 15.0. The number of nitrogens with zero attached hydrogens (tertiary/aromatic N) is 2.